The molecule has 1 saturated carbocycles. The van der Waals surface area contributed by atoms with Crippen LogP contribution in [-0.2, 0) is 12.7 Å². The third-order valence-electron chi connectivity index (χ3n) is 3.15. The summed E-state index contributed by atoms with van der Waals surface area (Å²) >= 11 is 0. The Labute approximate surface area is 111 Å². The first-order valence-corrected chi connectivity index (χ1v) is 6.66. The molecule has 0 saturated heterocycles. The maximum atomic E-state index is 12.4. The Morgan fingerprint density at radius 1 is 1.05 bits per heavy atom. The van der Waals surface area contributed by atoms with E-state index in [1.165, 1.54) is 25.0 Å². The Bertz CT molecular complexity index is 383. The second-order valence-corrected chi connectivity index (χ2v) is 4.95. The highest BCUT2D eigenvalue weighted by Gasteiger charge is 2.29. The largest absolute Gasteiger partial charge is 0.416 e. The van der Waals surface area contributed by atoms with Crippen LogP contribution in [0.3, 0.4) is 0 Å². The van der Waals surface area contributed by atoms with Crippen molar-refractivity contribution in [2.45, 2.75) is 38.0 Å². The van der Waals surface area contributed by atoms with Gasteiger partial charge in [-0.1, -0.05) is 12.1 Å². The van der Waals surface area contributed by atoms with Gasteiger partial charge in [-0.2, -0.15) is 13.2 Å². The summed E-state index contributed by atoms with van der Waals surface area (Å²) in [4.78, 5) is 0. The average molecular weight is 272 g/mol. The molecule has 1 aliphatic rings. The highest BCUT2D eigenvalue weighted by atomic mass is 19.4. The van der Waals surface area contributed by atoms with Gasteiger partial charge in [0.2, 0.25) is 0 Å². The van der Waals surface area contributed by atoms with Gasteiger partial charge in [0.25, 0.3) is 0 Å². The van der Waals surface area contributed by atoms with Gasteiger partial charge in [0, 0.05) is 12.6 Å². The van der Waals surface area contributed by atoms with E-state index in [1.54, 1.807) is 0 Å². The Hall–Kier alpha value is -1.07. The molecular formula is C14H19F3N2. The molecule has 1 aromatic rings. The van der Waals surface area contributed by atoms with Crippen LogP contribution < -0.4 is 10.6 Å². The lowest BCUT2D eigenvalue weighted by atomic mass is 10.1. The van der Waals surface area contributed by atoms with Crippen LogP contribution in [-0.4, -0.2) is 19.1 Å². The first-order valence-electron chi connectivity index (χ1n) is 6.66. The van der Waals surface area contributed by atoms with Crippen molar-refractivity contribution in [1.29, 1.82) is 0 Å². The van der Waals surface area contributed by atoms with E-state index < -0.39 is 11.7 Å². The van der Waals surface area contributed by atoms with Gasteiger partial charge >= 0.3 is 6.18 Å². The molecule has 19 heavy (non-hydrogen) atoms. The SMILES string of the molecule is FC(F)(F)c1ccc(CNCCCNC2CC2)cc1. The lowest BCUT2D eigenvalue weighted by molar-refractivity contribution is -0.137. The van der Waals surface area contributed by atoms with E-state index in [1.807, 2.05) is 0 Å². The predicted molar refractivity (Wildman–Crippen MR) is 68.8 cm³/mol. The number of hydrogen-bond donors (Lipinski definition) is 2. The lowest BCUT2D eigenvalue weighted by Crippen LogP contribution is -2.23. The second-order valence-electron chi connectivity index (χ2n) is 4.95. The highest BCUT2D eigenvalue weighted by Crippen LogP contribution is 2.29. The number of rotatable bonds is 7. The van der Waals surface area contributed by atoms with E-state index in [2.05, 4.69) is 10.6 Å². The van der Waals surface area contributed by atoms with Gasteiger partial charge in [0.15, 0.2) is 0 Å². The molecular weight excluding hydrogens is 253 g/mol. The fourth-order valence-corrected chi connectivity index (χ4v) is 1.85. The molecule has 1 aromatic carbocycles. The first kappa shape index (κ1) is 14.3. The average Bonchev–Trinajstić information content (AvgIpc) is 3.17. The number of alkyl halides is 3. The van der Waals surface area contributed by atoms with E-state index in [9.17, 15) is 13.2 Å². The summed E-state index contributed by atoms with van der Waals surface area (Å²) in [7, 11) is 0. The molecule has 0 aromatic heterocycles. The van der Waals surface area contributed by atoms with Crippen LogP contribution in [0, 0.1) is 0 Å². The maximum absolute atomic E-state index is 12.4. The Morgan fingerprint density at radius 2 is 1.74 bits per heavy atom. The Kier molecular flexibility index (Phi) is 4.82. The van der Waals surface area contributed by atoms with E-state index >= 15 is 0 Å². The van der Waals surface area contributed by atoms with Gasteiger partial charge in [0.05, 0.1) is 5.56 Å². The van der Waals surface area contributed by atoms with Crippen LogP contribution in [0.15, 0.2) is 24.3 Å². The van der Waals surface area contributed by atoms with Crippen molar-refractivity contribution in [1.82, 2.24) is 10.6 Å². The minimum Gasteiger partial charge on any atom is -0.314 e. The van der Waals surface area contributed by atoms with Gasteiger partial charge in [-0.15, -0.1) is 0 Å². The van der Waals surface area contributed by atoms with E-state index in [4.69, 9.17) is 0 Å². The first-order chi connectivity index (χ1) is 9.05. The molecule has 0 unspecified atom stereocenters. The predicted octanol–water partition coefficient (Wildman–Crippen LogP) is 2.94. The maximum Gasteiger partial charge on any atom is 0.416 e. The summed E-state index contributed by atoms with van der Waals surface area (Å²) in [6.07, 6.45) is -0.629. The third-order valence-corrected chi connectivity index (χ3v) is 3.15. The fraction of sp³-hybridized carbons (Fsp3) is 0.571. The van der Waals surface area contributed by atoms with Crippen molar-refractivity contribution in [3.8, 4) is 0 Å². The molecule has 5 heteroatoms. The van der Waals surface area contributed by atoms with Gasteiger partial charge in [-0.3, -0.25) is 0 Å². The van der Waals surface area contributed by atoms with Crippen molar-refractivity contribution in [3.05, 3.63) is 35.4 Å². The van der Waals surface area contributed by atoms with Crippen LogP contribution >= 0.6 is 0 Å². The molecule has 0 atom stereocenters. The van der Waals surface area contributed by atoms with Gasteiger partial charge in [0.1, 0.15) is 0 Å². The summed E-state index contributed by atoms with van der Waals surface area (Å²) in [6.45, 7) is 2.49. The Morgan fingerprint density at radius 3 is 2.32 bits per heavy atom. The molecule has 0 heterocycles. The van der Waals surface area contributed by atoms with Crippen molar-refractivity contribution in [2.75, 3.05) is 13.1 Å². The zero-order valence-corrected chi connectivity index (χ0v) is 10.8. The van der Waals surface area contributed by atoms with Crippen LogP contribution in [0.25, 0.3) is 0 Å². The smallest absolute Gasteiger partial charge is 0.314 e. The van der Waals surface area contributed by atoms with Crippen LogP contribution in [0.1, 0.15) is 30.4 Å². The molecule has 0 bridgehead atoms. The van der Waals surface area contributed by atoms with Crippen molar-refractivity contribution >= 4 is 0 Å². The van der Waals surface area contributed by atoms with E-state index in [0.29, 0.717) is 6.54 Å². The Balaban J connectivity index is 1.62. The van der Waals surface area contributed by atoms with Crippen LogP contribution in [0.2, 0.25) is 0 Å². The molecule has 1 fully saturated rings. The van der Waals surface area contributed by atoms with Crippen molar-refractivity contribution in [3.63, 3.8) is 0 Å². The molecule has 2 nitrogen and oxygen atoms in total. The van der Waals surface area contributed by atoms with Crippen LogP contribution in [0.5, 0.6) is 0 Å². The number of hydrogen-bond acceptors (Lipinski definition) is 2. The molecule has 2 N–H and O–H groups in total. The summed E-state index contributed by atoms with van der Waals surface area (Å²) in [5.74, 6) is 0. The third kappa shape index (κ3) is 5.20. The molecule has 0 aliphatic heterocycles. The highest BCUT2D eigenvalue weighted by molar-refractivity contribution is 5.24. The van der Waals surface area contributed by atoms with Crippen molar-refractivity contribution < 1.29 is 13.2 Å². The summed E-state index contributed by atoms with van der Waals surface area (Å²) in [6, 6.07) is 6.04. The standard InChI is InChI=1S/C14H19F3N2/c15-14(16,17)12-4-2-11(3-5-12)10-18-8-1-9-19-13-6-7-13/h2-5,13,18-19H,1,6-10H2. The molecule has 106 valence electrons. The summed E-state index contributed by atoms with van der Waals surface area (Å²) < 4.78 is 37.1. The molecule has 1 aliphatic carbocycles. The number of nitrogens with one attached hydrogen (secondary N) is 2. The zero-order chi connectivity index (χ0) is 13.7. The molecule has 0 spiro atoms. The summed E-state index contributed by atoms with van der Waals surface area (Å²) in [5, 5.41) is 6.65. The molecule has 2 rings (SSSR count). The normalized spacial score (nSPS) is 15.7. The summed E-state index contributed by atoms with van der Waals surface area (Å²) in [5.41, 5.74) is 0.285. The lowest BCUT2D eigenvalue weighted by Gasteiger charge is -2.08. The van der Waals surface area contributed by atoms with Crippen LogP contribution in [0.4, 0.5) is 13.2 Å². The quantitative estimate of drug-likeness (QED) is 0.746. The molecule has 0 amide bonds. The topological polar surface area (TPSA) is 24.1 Å². The number of halogens is 3. The van der Waals surface area contributed by atoms with Gasteiger partial charge < -0.3 is 10.6 Å². The van der Waals surface area contributed by atoms with Gasteiger partial charge in [-0.25, -0.2) is 0 Å². The fourth-order valence-electron chi connectivity index (χ4n) is 1.85. The van der Waals surface area contributed by atoms with E-state index in [-0.39, 0.29) is 0 Å². The monoisotopic (exact) mass is 272 g/mol. The van der Waals surface area contributed by atoms with Gasteiger partial charge in [-0.05, 0) is 50.0 Å². The van der Waals surface area contributed by atoms with E-state index in [0.717, 1.165) is 43.2 Å². The minimum absolute atomic E-state index is 0.593. The zero-order valence-electron chi connectivity index (χ0n) is 10.8. The second kappa shape index (κ2) is 6.39. The minimum atomic E-state index is -4.25. The molecule has 0 radical (unpaired) electrons. The number of benzene rings is 1. The van der Waals surface area contributed by atoms with Crippen molar-refractivity contribution in [2.24, 2.45) is 0 Å².